The quantitative estimate of drug-likeness (QED) is 0.860. The van der Waals surface area contributed by atoms with Crippen LogP contribution in [-0.2, 0) is 11.2 Å². The zero-order valence-electron chi connectivity index (χ0n) is 9.80. The second-order valence-electron chi connectivity index (χ2n) is 3.90. The number of hydrogen-bond acceptors (Lipinski definition) is 3. The van der Waals surface area contributed by atoms with E-state index in [9.17, 15) is 4.79 Å². The van der Waals surface area contributed by atoms with Crippen molar-refractivity contribution in [3.8, 4) is 0 Å². The normalized spacial score (nSPS) is 12.3. The highest BCUT2D eigenvalue weighted by molar-refractivity contribution is 6.43. The van der Waals surface area contributed by atoms with E-state index in [0.717, 1.165) is 12.0 Å². The third kappa shape index (κ3) is 3.60. The fourth-order valence-corrected chi connectivity index (χ4v) is 1.92. The zero-order valence-corrected chi connectivity index (χ0v) is 11.3. The van der Waals surface area contributed by atoms with Gasteiger partial charge in [-0.15, -0.1) is 0 Å². The summed E-state index contributed by atoms with van der Waals surface area (Å²) in [6.07, 6.45) is 1.43. The van der Waals surface area contributed by atoms with Crippen LogP contribution in [0.1, 0.15) is 29.3 Å². The van der Waals surface area contributed by atoms with E-state index < -0.39 is 5.97 Å². The minimum Gasteiger partial charge on any atom is -0.465 e. The van der Waals surface area contributed by atoms with Gasteiger partial charge in [-0.2, -0.15) is 0 Å². The zero-order chi connectivity index (χ0) is 13.0. The Bertz CT molecular complexity index is 419. The summed E-state index contributed by atoms with van der Waals surface area (Å²) in [5.74, 6) is -0.475. The molecule has 1 rings (SSSR count). The van der Waals surface area contributed by atoms with Gasteiger partial charge in [0.1, 0.15) is 0 Å². The molecule has 0 aliphatic carbocycles. The van der Waals surface area contributed by atoms with Crippen molar-refractivity contribution in [3.05, 3.63) is 33.3 Å². The van der Waals surface area contributed by atoms with Crippen LogP contribution in [-0.4, -0.2) is 19.1 Å². The summed E-state index contributed by atoms with van der Waals surface area (Å²) >= 11 is 11.9. The Morgan fingerprint density at radius 1 is 1.47 bits per heavy atom. The van der Waals surface area contributed by atoms with Crippen molar-refractivity contribution >= 4 is 29.2 Å². The van der Waals surface area contributed by atoms with E-state index in [2.05, 4.69) is 0 Å². The number of carbonyl (C=O) groups excluding carboxylic acids is 1. The average Bonchev–Trinajstić information content (AvgIpc) is 2.29. The SMILES string of the molecule is COC(=O)c1c(CCC(C)N)ccc(Cl)c1Cl. The van der Waals surface area contributed by atoms with E-state index in [1.54, 1.807) is 12.1 Å². The first-order valence-electron chi connectivity index (χ1n) is 5.28. The van der Waals surface area contributed by atoms with Crippen molar-refractivity contribution in [3.63, 3.8) is 0 Å². The van der Waals surface area contributed by atoms with Crippen molar-refractivity contribution in [2.45, 2.75) is 25.8 Å². The number of nitrogens with two attached hydrogens (primary N) is 1. The van der Waals surface area contributed by atoms with E-state index in [1.807, 2.05) is 6.92 Å². The van der Waals surface area contributed by atoms with Gasteiger partial charge in [-0.3, -0.25) is 0 Å². The Kier molecular flexibility index (Phi) is 5.25. The van der Waals surface area contributed by atoms with E-state index >= 15 is 0 Å². The first kappa shape index (κ1) is 14.3. The van der Waals surface area contributed by atoms with Gasteiger partial charge < -0.3 is 10.5 Å². The number of ether oxygens (including phenoxy) is 1. The number of esters is 1. The lowest BCUT2D eigenvalue weighted by Crippen LogP contribution is -2.16. The summed E-state index contributed by atoms with van der Waals surface area (Å²) < 4.78 is 4.71. The molecule has 0 aliphatic heterocycles. The Hall–Kier alpha value is -0.770. The van der Waals surface area contributed by atoms with Gasteiger partial charge in [0.05, 0.1) is 22.7 Å². The number of rotatable bonds is 4. The average molecular weight is 276 g/mol. The summed E-state index contributed by atoms with van der Waals surface area (Å²) in [6.45, 7) is 1.91. The number of aryl methyl sites for hydroxylation is 1. The van der Waals surface area contributed by atoms with Crippen molar-refractivity contribution in [1.29, 1.82) is 0 Å². The van der Waals surface area contributed by atoms with Gasteiger partial charge in [-0.25, -0.2) is 4.79 Å². The van der Waals surface area contributed by atoms with Gasteiger partial charge in [0.2, 0.25) is 0 Å². The highest BCUT2D eigenvalue weighted by atomic mass is 35.5. The first-order chi connectivity index (χ1) is 7.97. The molecule has 0 spiro atoms. The molecule has 0 saturated carbocycles. The number of benzene rings is 1. The summed E-state index contributed by atoms with van der Waals surface area (Å²) in [5, 5.41) is 0.581. The standard InChI is InChI=1S/C12H15Cl2NO2/c1-7(15)3-4-8-5-6-9(13)11(14)10(8)12(16)17-2/h5-7H,3-4,15H2,1-2H3. The van der Waals surface area contributed by atoms with Gasteiger partial charge in [0, 0.05) is 6.04 Å². The highest BCUT2D eigenvalue weighted by Gasteiger charge is 2.18. The Labute approximate surface area is 111 Å². The van der Waals surface area contributed by atoms with Gasteiger partial charge in [-0.1, -0.05) is 29.3 Å². The first-order valence-corrected chi connectivity index (χ1v) is 6.03. The molecule has 1 unspecified atom stereocenters. The summed E-state index contributed by atoms with van der Waals surface area (Å²) in [4.78, 5) is 11.7. The molecule has 0 fully saturated rings. The molecule has 0 amide bonds. The number of methoxy groups -OCH3 is 1. The van der Waals surface area contributed by atoms with Gasteiger partial charge in [0.25, 0.3) is 0 Å². The lowest BCUT2D eigenvalue weighted by molar-refractivity contribution is 0.0599. The van der Waals surface area contributed by atoms with Crippen LogP contribution in [0.25, 0.3) is 0 Å². The molecule has 0 saturated heterocycles. The molecule has 0 heterocycles. The lowest BCUT2D eigenvalue weighted by Gasteiger charge is -2.12. The second kappa shape index (κ2) is 6.24. The molecule has 5 heteroatoms. The Balaban J connectivity index is 3.11. The maximum Gasteiger partial charge on any atom is 0.339 e. The van der Waals surface area contributed by atoms with Gasteiger partial charge in [0.15, 0.2) is 0 Å². The van der Waals surface area contributed by atoms with Gasteiger partial charge >= 0.3 is 5.97 Å². The summed E-state index contributed by atoms with van der Waals surface area (Å²) in [7, 11) is 1.31. The molecule has 2 N–H and O–H groups in total. The number of carbonyl (C=O) groups is 1. The van der Waals surface area contributed by atoms with Crippen LogP contribution < -0.4 is 5.73 Å². The lowest BCUT2D eigenvalue weighted by atomic mass is 10.0. The van der Waals surface area contributed by atoms with Crippen molar-refractivity contribution in [2.75, 3.05) is 7.11 Å². The van der Waals surface area contributed by atoms with Crippen molar-refractivity contribution < 1.29 is 9.53 Å². The van der Waals surface area contributed by atoms with E-state index in [-0.39, 0.29) is 11.1 Å². The Morgan fingerprint density at radius 3 is 2.65 bits per heavy atom. The summed E-state index contributed by atoms with van der Waals surface area (Å²) in [5.41, 5.74) is 6.84. The third-order valence-corrected chi connectivity index (χ3v) is 3.24. The molecule has 1 aromatic carbocycles. The van der Waals surface area contributed by atoms with Crippen LogP contribution in [0, 0.1) is 0 Å². The van der Waals surface area contributed by atoms with Crippen molar-refractivity contribution in [2.24, 2.45) is 5.73 Å². The minimum atomic E-state index is -0.475. The molecule has 1 aromatic rings. The maximum atomic E-state index is 11.7. The molecule has 0 aliphatic rings. The molecule has 0 bridgehead atoms. The molecule has 0 radical (unpaired) electrons. The van der Waals surface area contributed by atoms with Crippen LogP contribution in [0.5, 0.6) is 0 Å². The molecule has 3 nitrogen and oxygen atoms in total. The second-order valence-corrected chi connectivity index (χ2v) is 4.69. The number of halogens is 2. The molecule has 17 heavy (non-hydrogen) atoms. The topological polar surface area (TPSA) is 52.3 Å². The predicted octanol–water partition coefficient (Wildman–Crippen LogP) is 3.06. The molecular weight excluding hydrogens is 261 g/mol. The molecule has 94 valence electrons. The smallest absolute Gasteiger partial charge is 0.339 e. The fourth-order valence-electron chi connectivity index (χ4n) is 1.50. The number of hydrogen-bond donors (Lipinski definition) is 1. The molecule has 1 atom stereocenters. The molecular formula is C12H15Cl2NO2. The van der Waals surface area contributed by atoms with Crippen LogP contribution >= 0.6 is 23.2 Å². The summed E-state index contributed by atoms with van der Waals surface area (Å²) in [6, 6.07) is 3.52. The molecule has 0 aromatic heterocycles. The largest absolute Gasteiger partial charge is 0.465 e. The maximum absolute atomic E-state index is 11.7. The van der Waals surface area contributed by atoms with E-state index in [4.69, 9.17) is 33.7 Å². The van der Waals surface area contributed by atoms with Gasteiger partial charge in [-0.05, 0) is 31.4 Å². The minimum absolute atomic E-state index is 0.0648. The fraction of sp³-hybridized carbons (Fsp3) is 0.417. The van der Waals surface area contributed by atoms with Crippen LogP contribution in [0.3, 0.4) is 0 Å². The van der Waals surface area contributed by atoms with Crippen LogP contribution in [0.2, 0.25) is 10.0 Å². The third-order valence-electron chi connectivity index (χ3n) is 2.44. The van der Waals surface area contributed by atoms with Crippen molar-refractivity contribution in [1.82, 2.24) is 0 Å². The van der Waals surface area contributed by atoms with Crippen LogP contribution in [0.4, 0.5) is 0 Å². The van der Waals surface area contributed by atoms with E-state index in [0.29, 0.717) is 17.0 Å². The monoisotopic (exact) mass is 275 g/mol. The predicted molar refractivity (Wildman–Crippen MR) is 69.8 cm³/mol. The van der Waals surface area contributed by atoms with Crippen LogP contribution in [0.15, 0.2) is 12.1 Å². The van der Waals surface area contributed by atoms with E-state index in [1.165, 1.54) is 7.11 Å². The Morgan fingerprint density at radius 2 is 2.12 bits per heavy atom. The highest BCUT2D eigenvalue weighted by Crippen LogP contribution is 2.30.